The Morgan fingerprint density at radius 2 is 2.10 bits per heavy atom. The van der Waals surface area contributed by atoms with Crippen LogP contribution < -0.4 is 20.3 Å². The number of carbonyl (C=O) groups is 1. The minimum atomic E-state index is -4.78. The number of alkyl halides is 3. The Labute approximate surface area is 176 Å². The van der Waals surface area contributed by atoms with Crippen molar-refractivity contribution in [2.75, 3.05) is 20.3 Å². The molecule has 1 unspecified atom stereocenters. The summed E-state index contributed by atoms with van der Waals surface area (Å²) >= 11 is 0. The standard InChI is InChI=1S/C21H23F3N2O5/c1-29-18-10-14(6-7-17(18)31-13-15-4-3-9-30-15)11-25-19(27)12-26-8-2-5-16(20(26)28)21(22,23)24/h2,5-8,10,15H,3-4,9,11-13H2,1H3,(H,25,27). The summed E-state index contributed by atoms with van der Waals surface area (Å²) in [6.07, 6.45) is -1.62. The zero-order valence-electron chi connectivity index (χ0n) is 16.9. The Morgan fingerprint density at radius 3 is 2.77 bits per heavy atom. The van der Waals surface area contributed by atoms with E-state index in [1.807, 2.05) is 0 Å². The highest BCUT2D eigenvalue weighted by Gasteiger charge is 2.34. The van der Waals surface area contributed by atoms with Gasteiger partial charge in [-0.15, -0.1) is 0 Å². The van der Waals surface area contributed by atoms with Crippen LogP contribution in [0.15, 0.2) is 41.3 Å². The maximum absolute atomic E-state index is 12.8. The molecule has 1 aliphatic rings. The van der Waals surface area contributed by atoms with E-state index in [-0.39, 0.29) is 12.6 Å². The number of pyridine rings is 1. The fraction of sp³-hybridized carbons (Fsp3) is 0.429. The molecule has 0 radical (unpaired) electrons. The molecule has 2 aromatic rings. The number of nitrogens with zero attached hydrogens (tertiary/aromatic N) is 1. The van der Waals surface area contributed by atoms with Crippen molar-refractivity contribution in [3.63, 3.8) is 0 Å². The molecule has 1 aromatic heterocycles. The first-order valence-electron chi connectivity index (χ1n) is 9.72. The van der Waals surface area contributed by atoms with Crippen LogP contribution in [0.2, 0.25) is 0 Å². The molecule has 1 aromatic carbocycles. The number of nitrogens with one attached hydrogen (secondary N) is 1. The van der Waals surface area contributed by atoms with Gasteiger partial charge in [0.15, 0.2) is 11.5 Å². The number of carbonyl (C=O) groups excluding carboxylic acids is 1. The summed E-state index contributed by atoms with van der Waals surface area (Å²) in [6.45, 7) is 0.728. The van der Waals surface area contributed by atoms with Crippen LogP contribution in [-0.2, 0) is 28.8 Å². The average Bonchev–Trinajstić information content (AvgIpc) is 3.25. The predicted octanol–water partition coefficient (Wildman–Crippen LogP) is 2.75. The minimum absolute atomic E-state index is 0.0583. The Kier molecular flexibility index (Phi) is 7.21. The first kappa shape index (κ1) is 22.7. The number of rotatable bonds is 8. The monoisotopic (exact) mass is 440 g/mol. The number of benzene rings is 1. The molecule has 1 amide bonds. The van der Waals surface area contributed by atoms with Crippen molar-refractivity contribution in [2.45, 2.75) is 38.2 Å². The summed E-state index contributed by atoms with van der Waals surface area (Å²) in [5.41, 5.74) is -1.88. The van der Waals surface area contributed by atoms with E-state index < -0.39 is 29.8 Å². The number of amides is 1. The van der Waals surface area contributed by atoms with Crippen molar-refractivity contribution in [2.24, 2.45) is 0 Å². The van der Waals surface area contributed by atoms with Gasteiger partial charge in [-0.3, -0.25) is 9.59 Å². The van der Waals surface area contributed by atoms with Gasteiger partial charge in [-0.1, -0.05) is 6.07 Å². The van der Waals surface area contributed by atoms with Crippen LogP contribution in [-0.4, -0.2) is 36.9 Å². The lowest BCUT2D eigenvalue weighted by Gasteiger charge is -2.15. The zero-order chi connectivity index (χ0) is 22.4. The van der Waals surface area contributed by atoms with Gasteiger partial charge in [0.05, 0.1) is 13.2 Å². The second-order valence-electron chi connectivity index (χ2n) is 7.06. The lowest BCUT2D eigenvalue weighted by molar-refractivity contribution is -0.139. The van der Waals surface area contributed by atoms with Crippen LogP contribution in [0, 0.1) is 0 Å². The van der Waals surface area contributed by atoms with Gasteiger partial charge in [0.1, 0.15) is 18.7 Å². The van der Waals surface area contributed by atoms with Gasteiger partial charge in [-0.25, -0.2) is 0 Å². The van der Waals surface area contributed by atoms with Crippen LogP contribution in [0.3, 0.4) is 0 Å². The number of methoxy groups -OCH3 is 1. The predicted molar refractivity (Wildman–Crippen MR) is 105 cm³/mol. The highest BCUT2D eigenvalue weighted by Crippen LogP contribution is 2.29. The van der Waals surface area contributed by atoms with E-state index in [0.29, 0.717) is 29.7 Å². The molecule has 0 saturated carbocycles. The molecule has 0 aliphatic carbocycles. The lowest BCUT2D eigenvalue weighted by atomic mass is 10.2. The van der Waals surface area contributed by atoms with E-state index in [4.69, 9.17) is 14.2 Å². The van der Waals surface area contributed by atoms with E-state index in [9.17, 15) is 22.8 Å². The maximum Gasteiger partial charge on any atom is 0.421 e. The lowest BCUT2D eigenvalue weighted by Crippen LogP contribution is -2.34. The minimum Gasteiger partial charge on any atom is -0.493 e. The van der Waals surface area contributed by atoms with Gasteiger partial charge < -0.3 is 24.1 Å². The third-order valence-electron chi connectivity index (χ3n) is 4.81. The molecule has 7 nitrogen and oxygen atoms in total. The Hall–Kier alpha value is -3.01. The molecule has 1 aliphatic heterocycles. The molecule has 0 spiro atoms. The summed E-state index contributed by atoms with van der Waals surface area (Å²) in [5.74, 6) is 0.432. The first-order chi connectivity index (χ1) is 14.8. The average molecular weight is 440 g/mol. The second kappa shape index (κ2) is 9.86. The number of hydrogen-bond acceptors (Lipinski definition) is 5. The summed E-state index contributed by atoms with van der Waals surface area (Å²) < 4.78 is 55.9. The Morgan fingerprint density at radius 1 is 1.29 bits per heavy atom. The SMILES string of the molecule is COc1cc(CNC(=O)Cn2cccc(C(F)(F)F)c2=O)ccc1OCC1CCCO1. The van der Waals surface area contributed by atoms with Crippen molar-refractivity contribution in [3.05, 3.63) is 58.0 Å². The van der Waals surface area contributed by atoms with Gasteiger partial charge in [-0.05, 0) is 42.7 Å². The summed E-state index contributed by atoms with van der Waals surface area (Å²) in [6, 6.07) is 6.92. The van der Waals surface area contributed by atoms with Gasteiger partial charge >= 0.3 is 6.18 Å². The smallest absolute Gasteiger partial charge is 0.421 e. The molecule has 168 valence electrons. The Bertz CT molecular complexity index is 968. The van der Waals surface area contributed by atoms with Crippen molar-refractivity contribution >= 4 is 5.91 Å². The molecule has 0 bridgehead atoms. The summed E-state index contributed by atoms with van der Waals surface area (Å²) in [4.78, 5) is 24.1. The molecule has 2 heterocycles. The van der Waals surface area contributed by atoms with Gasteiger partial charge in [-0.2, -0.15) is 13.2 Å². The fourth-order valence-corrected chi connectivity index (χ4v) is 3.19. The first-order valence-corrected chi connectivity index (χ1v) is 9.72. The number of ether oxygens (including phenoxy) is 3. The van der Waals surface area contributed by atoms with Crippen LogP contribution in [0.4, 0.5) is 13.2 Å². The van der Waals surface area contributed by atoms with Crippen LogP contribution in [0.5, 0.6) is 11.5 Å². The van der Waals surface area contributed by atoms with E-state index in [2.05, 4.69) is 5.32 Å². The topological polar surface area (TPSA) is 78.8 Å². The second-order valence-corrected chi connectivity index (χ2v) is 7.06. The molecule has 1 saturated heterocycles. The van der Waals surface area contributed by atoms with Gasteiger partial charge in [0.25, 0.3) is 5.56 Å². The molecule has 1 fully saturated rings. The zero-order valence-corrected chi connectivity index (χ0v) is 16.9. The van der Waals surface area contributed by atoms with Crippen molar-refractivity contribution in [1.29, 1.82) is 0 Å². The van der Waals surface area contributed by atoms with E-state index >= 15 is 0 Å². The Balaban J connectivity index is 1.58. The molecule has 31 heavy (non-hydrogen) atoms. The number of hydrogen-bond donors (Lipinski definition) is 1. The number of aromatic nitrogens is 1. The van der Waals surface area contributed by atoms with Gasteiger partial charge in [0.2, 0.25) is 5.91 Å². The summed E-state index contributed by atoms with van der Waals surface area (Å²) in [5, 5.41) is 2.58. The normalized spacial score (nSPS) is 16.2. The molecule has 3 rings (SSSR count). The van der Waals surface area contributed by atoms with Gasteiger partial charge in [0, 0.05) is 19.3 Å². The van der Waals surface area contributed by atoms with Crippen LogP contribution in [0.25, 0.3) is 0 Å². The molecule has 1 N–H and O–H groups in total. The fourth-order valence-electron chi connectivity index (χ4n) is 3.19. The van der Waals surface area contributed by atoms with Crippen molar-refractivity contribution in [3.8, 4) is 11.5 Å². The van der Waals surface area contributed by atoms with E-state index in [1.54, 1.807) is 18.2 Å². The largest absolute Gasteiger partial charge is 0.493 e. The molecule has 10 heteroatoms. The third kappa shape index (κ3) is 6.00. The van der Waals surface area contributed by atoms with Crippen LogP contribution in [0.1, 0.15) is 24.0 Å². The highest BCUT2D eigenvalue weighted by atomic mass is 19.4. The van der Waals surface area contributed by atoms with Crippen molar-refractivity contribution < 1.29 is 32.2 Å². The van der Waals surface area contributed by atoms with Crippen molar-refractivity contribution in [1.82, 2.24) is 9.88 Å². The number of halogens is 3. The quantitative estimate of drug-likeness (QED) is 0.683. The maximum atomic E-state index is 12.8. The highest BCUT2D eigenvalue weighted by molar-refractivity contribution is 5.75. The molecular weight excluding hydrogens is 417 g/mol. The van der Waals surface area contributed by atoms with Crippen LogP contribution >= 0.6 is 0 Å². The molecular formula is C21H23F3N2O5. The van der Waals surface area contributed by atoms with E-state index in [0.717, 1.165) is 36.3 Å². The summed E-state index contributed by atoms with van der Waals surface area (Å²) in [7, 11) is 1.50. The van der Waals surface area contributed by atoms with E-state index in [1.165, 1.54) is 7.11 Å². The third-order valence-corrected chi connectivity index (χ3v) is 4.81. The molecule has 1 atom stereocenters.